The summed E-state index contributed by atoms with van der Waals surface area (Å²) < 4.78 is 4.02. The van der Waals surface area contributed by atoms with Crippen LogP contribution < -0.4 is 0 Å². The van der Waals surface area contributed by atoms with Gasteiger partial charge in [-0.25, -0.2) is 0 Å². The van der Waals surface area contributed by atoms with Gasteiger partial charge in [0.25, 0.3) is 0 Å². The molecule has 0 N–H and O–H groups in total. The first kappa shape index (κ1) is 4.71. The Balaban J connectivity index is 2.81. The smallest absolute Gasteiger partial charge is 0.126 e. The van der Waals surface area contributed by atoms with Crippen molar-refractivity contribution in [3.05, 3.63) is 0 Å². The van der Waals surface area contributed by atoms with Crippen molar-refractivity contribution < 1.29 is 4.18 Å². The van der Waals surface area contributed by atoms with Crippen LogP contribution in [0.1, 0.15) is 6.92 Å². The summed E-state index contributed by atoms with van der Waals surface area (Å²) in [6.45, 7) is 1.68. The summed E-state index contributed by atoms with van der Waals surface area (Å²) >= 11 is 3.33. The fourth-order valence-corrected chi connectivity index (χ4v) is 0.137. The number of hydrogen-bond donors (Lipinski definition) is 1. The molecule has 0 aromatic carbocycles. The lowest BCUT2D eigenvalue weighted by Gasteiger charge is -1.66. The molecular formula is C3H4OS. The Bertz CT molecular complexity index is 59.0. The van der Waals surface area contributed by atoms with Gasteiger partial charge in [-0.2, -0.15) is 0 Å². The lowest BCUT2D eigenvalue weighted by atomic mass is 10.8. The zero-order chi connectivity index (χ0) is 4.12. The van der Waals surface area contributed by atoms with Crippen molar-refractivity contribution in [1.29, 1.82) is 0 Å². The largest absolute Gasteiger partial charge is 0.378 e. The molecule has 28 valence electrons. The van der Waals surface area contributed by atoms with Crippen molar-refractivity contribution in [3.8, 4) is 12.0 Å². The van der Waals surface area contributed by atoms with Gasteiger partial charge >= 0.3 is 0 Å². The van der Waals surface area contributed by atoms with Crippen LogP contribution in [-0.4, -0.2) is 0 Å². The van der Waals surface area contributed by atoms with Crippen LogP contribution in [0.3, 0.4) is 0 Å². The van der Waals surface area contributed by atoms with Gasteiger partial charge in [-0.05, 0) is 0 Å². The topological polar surface area (TPSA) is 9.23 Å². The molecule has 0 fully saturated rings. The second-order valence-electron chi connectivity index (χ2n) is 0.443. The Morgan fingerprint density at radius 2 is 2.40 bits per heavy atom. The van der Waals surface area contributed by atoms with Crippen LogP contribution in [0.2, 0.25) is 0 Å². The van der Waals surface area contributed by atoms with Crippen molar-refractivity contribution >= 4 is 12.9 Å². The minimum absolute atomic E-state index is 1.68. The maximum Gasteiger partial charge on any atom is 0.126 e. The molecule has 0 aliphatic heterocycles. The molecule has 5 heavy (non-hydrogen) atoms. The minimum Gasteiger partial charge on any atom is -0.378 e. The van der Waals surface area contributed by atoms with E-state index in [9.17, 15) is 0 Å². The lowest BCUT2D eigenvalue weighted by molar-refractivity contribution is 0.623. The maximum absolute atomic E-state index is 4.02. The highest BCUT2D eigenvalue weighted by atomic mass is 32.1. The van der Waals surface area contributed by atoms with Gasteiger partial charge in [0.1, 0.15) is 6.11 Å². The second kappa shape index (κ2) is 3.71. The third-order valence-electron chi connectivity index (χ3n) is 0.148. The zero-order valence-corrected chi connectivity index (χ0v) is 3.75. The van der Waals surface area contributed by atoms with Gasteiger partial charge in [0.05, 0.1) is 12.9 Å². The number of rotatable bonds is 0. The van der Waals surface area contributed by atoms with Gasteiger partial charge in [0, 0.05) is 6.92 Å². The van der Waals surface area contributed by atoms with Crippen LogP contribution >= 0.6 is 12.9 Å². The van der Waals surface area contributed by atoms with Crippen LogP contribution in [-0.2, 0) is 4.18 Å². The van der Waals surface area contributed by atoms with Gasteiger partial charge in [-0.1, -0.05) is 5.92 Å². The maximum atomic E-state index is 4.02. The summed E-state index contributed by atoms with van der Waals surface area (Å²) in [7, 11) is 0. The molecule has 0 aromatic rings. The molecule has 0 unspecified atom stereocenters. The van der Waals surface area contributed by atoms with Gasteiger partial charge < -0.3 is 4.18 Å². The van der Waals surface area contributed by atoms with Gasteiger partial charge in [-0.15, -0.1) is 0 Å². The standard InChI is InChI=1S/C3H4OS/c1-2-3-4-5/h5H,1H3. The normalized spacial score (nSPS) is 4.40. The molecular weight excluding hydrogens is 84.1 g/mol. The molecule has 0 bridgehead atoms. The molecule has 2 heteroatoms. The summed E-state index contributed by atoms with van der Waals surface area (Å²) in [5.41, 5.74) is 0. The highest BCUT2D eigenvalue weighted by Gasteiger charge is 1.45. The van der Waals surface area contributed by atoms with Crippen molar-refractivity contribution in [3.63, 3.8) is 0 Å². The van der Waals surface area contributed by atoms with Gasteiger partial charge in [0.15, 0.2) is 0 Å². The molecule has 0 radical (unpaired) electrons. The predicted molar refractivity (Wildman–Crippen MR) is 23.5 cm³/mol. The van der Waals surface area contributed by atoms with Crippen molar-refractivity contribution in [2.45, 2.75) is 6.92 Å². The van der Waals surface area contributed by atoms with E-state index < -0.39 is 0 Å². The van der Waals surface area contributed by atoms with E-state index in [1.165, 1.54) is 0 Å². The van der Waals surface area contributed by atoms with Crippen LogP contribution in [0.15, 0.2) is 0 Å². The Morgan fingerprint density at radius 3 is 2.40 bits per heavy atom. The molecule has 0 heterocycles. The third kappa shape index (κ3) is 3.71. The summed E-state index contributed by atoms with van der Waals surface area (Å²) in [6.07, 6.45) is 2.23. The summed E-state index contributed by atoms with van der Waals surface area (Å²) in [5, 5.41) is 0. The minimum atomic E-state index is 1.68. The monoisotopic (exact) mass is 88.0 g/mol. The zero-order valence-electron chi connectivity index (χ0n) is 2.86. The van der Waals surface area contributed by atoms with E-state index in [-0.39, 0.29) is 0 Å². The lowest BCUT2D eigenvalue weighted by Crippen LogP contribution is -1.47. The molecule has 0 aromatic heterocycles. The Morgan fingerprint density at radius 1 is 1.80 bits per heavy atom. The number of hydrogen-bond acceptors (Lipinski definition) is 2. The van der Waals surface area contributed by atoms with Gasteiger partial charge in [0.2, 0.25) is 0 Å². The Labute approximate surface area is 36.9 Å². The molecule has 0 aliphatic carbocycles. The third-order valence-corrected chi connectivity index (χ3v) is 0.239. The van der Waals surface area contributed by atoms with E-state index in [2.05, 4.69) is 29.1 Å². The first-order valence-corrected chi connectivity index (χ1v) is 1.50. The average Bonchev–Trinajstić information content (AvgIpc) is 1.41. The Hall–Kier alpha value is -0.290. The van der Waals surface area contributed by atoms with Gasteiger partial charge in [-0.3, -0.25) is 0 Å². The molecule has 0 atom stereocenters. The van der Waals surface area contributed by atoms with Crippen LogP contribution in [0, 0.1) is 12.0 Å². The van der Waals surface area contributed by atoms with Crippen LogP contribution in [0.25, 0.3) is 0 Å². The summed E-state index contributed by atoms with van der Waals surface area (Å²) in [6, 6.07) is 0. The summed E-state index contributed by atoms with van der Waals surface area (Å²) in [4.78, 5) is 0. The fourth-order valence-electron chi connectivity index (χ4n) is 0.0456. The highest BCUT2D eigenvalue weighted by Crippen LogP contribution is 1.67. The summed E-state index contributed by atoms with van der Waals surface area (Å²) in [5.74, 6) is 2.47. The first-order valence-electron chi connectivity index (χ1n) is 1.14. The molecule has 0 saturated heterocycles. The Kier molecular flexibility index (Phi) is 3.49. The van der Waals surface area contributed by atoms with Crippen molar-refractivity contribution in [1.82, 2.24) is 0 Å². The average molecular weight is 88.1 g/mol. The quantitative estimate of drug-likeness (QED) is 0.262. The van der Waals surface area contributed by atoms with Crippen LogP contribution in [0.5, 0.6) is 0 Å². The van der Waals surface area contributed by atoms with E-state index in [0.717, 1.165) is 0 Å². The van der Waals surface area contributed by atoms with E-state index in [1.54, 1.807) is 6.92 Å². The van der Waals surface area contributed by atoms with E-state index >= 15 is 0 Å². The second-order valence-corrected chi connectivity index (χ2v) is 0.626. The number of thiol groups is 1. The first-order chi connectivity index (χ1) is 2.41. The van der Waals surface area contributed by atoms with Crippen molar-refractivity contribution in [2.75, 3.05) is 0 Å². The van der Waals surface area contributed by atoms with E-state index in [4.69, 9.17) is 0 Å². The highest BCUT2D eigenvalue weighted by molar-refractivity contribution is 7.75. The molecule has 0 rings (SSSR count). The molecule has 0 amide bonds. The van der Waals surface area contributed by atoms with Crippen LogP contribution in [0.4, 0.5) is 0 Å². The van der Waals surface area contributed by atoms with E-state index in [1.807, 2.05) is 0 Å². The predicted octanol–water partition coefficient (Wildman–Crippen LogP) is 0.829. The molecule has 0 spiro atoms. The molecule has 1 nitrogen and oxygen atoms in total. The fraction of sp³-hybridized carbons (Fsp3) is 0.333. The van der Waals surface area contributed by atoms with E-state index in [0.29, 0.717) is 0 Å². The molecule has 0 aliphatic rings. The molecule has 0 saturated carbocycles. The van der Waals surface area contributed by atoms with Crippen molar-refractivity contribution in [2.24, 2.45) is 0 Å². The SMILES string of the molecule is CC#COS.